The van der Waals surface area contributed by atoms with Crippen LogP contribution in [0.3, 0.4) is 0 Å². The fraction of sp³-hybridized carbons (Fsp3) is 0.571. The highest BCUT2D eigenvalue weighted by atomic mass is 32.1. The molecule has 0 amide bonds. The van der Waals surface area contributed by atoms with Crippen molar-refractivity contribution in [3.05, 3.63) is 23.4 Å². The predicted octanol–water partition coefficient (Wildman–Crippen LogP) is 3.12. The normalized spacial score (nSPS) is 11.7. The summed E-state index contributed by atoms with van der Waals surface area (Å²) in [5, 5.41) is 3.38. The number of aromatic nitrogens is 1. The van der Waals surface area contributed by atoms with Gasteiger partial charge in [-0.3, -0.25) is 0 Å². The van der Waals surface area contributed by atoms with E-state index < -0.39 is 0 Å². The molecule has 0 aromatic carbocycles. The van der Waals surface area contributed by atoms with Crippen molar-refractivity contribution < 1.29 is 0 Å². The number of rotatable bonds is 5. The smallest absolute Gasteiger partial charge is 0.136 e. The van der Waals surface area contributed by atoms with Gasteiger partial charge in [-0.05, 0) is 30.4 Å². The Bertz CT molecular complexity index is 439. The lowest BCUT2D eigenvalue weighted by atomic mass is 9.81. The minimum absolute atomic E-state index is 0.193. The highest BCUT2D eigenvalue weighted by molar-refractivity contribution is 7.80. The molecule has 0 fully saturated rings. The summed E-state index contributed by atoms with van der Waals surface area (Å²) in [6.45, 7) is 11.7. The molecular weight excluding hydrogens is 242 g/mol. The zero-order valence-electron chi connectivity index (χ0n) is 11.9. The summed E-state index contributed by atoms with van der Waals surface area (Å²) < 4.78 is 0. The van der Waals surface area contributed by atoms with Gasteiger partial charge in [0.15, 0.2) is 0 Å². The lowest BCUT2D eigenvalue weighted by Crippen LogP contribution is -2.29. The van der Waals surface area contributed by atoms with Gasteiger partial charge in [0, 0.05) is 12.2 Å². The number of pyridine rings is 1. The summed E-state index contributed by atoms with van der Waals surface area (Å²) in [5.41, 5.74) is 7.68. The van der Waals surface area contributed by atoms with Crippen molar-refractivity contribution in [2.75, 3.05) is 11.9 Å². The monoisotopic (exact) mass is 265 g/mol. The van der Waals surface area contributed by atoms with E-state index in [-0.39, 0.29) is 5.41 Å². The maximum atomic E-state index is 5.72. The molecule has 0 aliphatic rings. The molecule has 0 aliphatic heterocycles. The average Bonchev–Trinajstić information content (AvgIpc) is 2.26. The van der Waals surface area contributed by atoms with Crippen LogP contribution in [0.1, 0.15) is 39.0 Å². The molecule has 1 heterocycles. The van der Waals surface area contributed by atoms with E-state index in [1.807, 2.05) is 19.1 Å². The molecule has 1 aromatic rings. The van der Waals surface area contributed by atoms with Crippen molar-refractivity contribution in [2.24, 2.45) is 17.1 Å². The summed E-state index contributed by atoms with van der Waals surface area (Å²) in [7, 11) is 0. The second-order valence-electron chi connectivity index (χ2n) is 5.71. The topological polar surface area (TPSA) is 50.9 Å². The fourth-order valence-electron chi connectivity index (χ4n) is 1.41. The van der Waals surface area contributed by atoms with Gasteiger partial charge in [-0.2, -0.15) is 0 Å². The van der Waals surface area contributed by atoms with E-state index in [0.717, 1.165) is 23.6 Å². The van der Waals surface area contributed by atoms with E-state index in [2.05, 4.69) is 38.0 Å². The van der Waals surface area contributed by atoms with Gasteiger partial charge in [0.25, 0.3) is 0 Å². The van der Waals surface area contributed by atoms with Crippen molar-refractivity contribution in [2.45, 2.75) is 34.6 Å². The van der Waals surface area contributed by atoms with E-state index in [1.54, 1.807) is 0 Å². The van der Waals surface area contributed by atoms with E-state index >= 15 is 0 Å². The van der Waals surface area contributed by atoms with Crippen LogP contribution in [0.5, 0.6) is 0 Å². The molecule has 0 saturated heterocycles. The molecule has 18 heavy (non-hydrogen) atoms. The Balaban J connectivity index is 2.90. The van der Waals surface area contributed by atoms with Crippen LogP contribution < -0.4 is 11.1 Å². The van der Waals surface area contributed by atoms with Crippen LogP contribution in [-0.4, -0.2) is 16.5 Å². The van der Waals surface area contributed by atoms with Gasteiger partial charge in [-0.25, -0.2) is 4.98 Å². The first-order valence-corrected chi connectivity index (χ1v) is 6.66. The molecule has 100 valence electrons. The summed E-state index contributed by atoms with van der Waals surface area (Å²) in [6, 6.07) is 3.85. The Morgan fingerprint density at radius 1 is 1.44 bits per heavy atom. The first kappa shape index (κ1) is 14.9. The minimum Gasteiger partial charge on any atom is -0.389 e. The molecule has 0 atom stereocenters. The van der Waals surface area contributed by atoms with Crippen molar-refractivity contribution >= 4 is 23.0 Å². The maximum Gasteiger partial charge on any atom is 0.136 e. The van der Waals surface area contributed by atoms with Gasteiger partial charge < -0.3 is 11.1 Å². The largest absolute Gasteiger partial charge is 0.389 e. The number of hydrogen-bond donors (Lipinski definition) is 2. The van der Waals surface area contributed by atoms with Gasteiger partial charge >= 0.3 is 0 Å². The second-order valence-corrected chi connectivity index (χ2v) is 6.15. The second kappa shape index (κ2) is 5.65. The Hall–Kier alpha value is -1.16. The molecular formula is C14H23N3S. The first-order chi connectivity index (χ1) is 8.24. The molecule has 0 aliphatic carbocycles. The molecule has 1 rings (SSSR count). The van der Waals surface area contributed by atoms with Gasteiger partial charge in [-0.15, -0.1) is 0 Å². The van der Waals surface area contributed by atoms with Gasteiger partial charge in [0.05, 0.1) is 5.56 Å². The quantitative estimate of drug-likeness (QED) is 0.803. The van der Waals surface area contributed by atoms with E-state index in [4.69, 9.17) is 18.0 Å². The Kier molecular flexibility index (Phi) is 4.68. The van der Waals surface area contributed by atoms with Crippen LogP contribution in [0.25, 0.3) is 0 Å². The number of nitrogens with two attached hydrogens (primary N) is 1. The number of aryl methyl sites for hydroxylation is 1. The van der Waals surface area contributed by atoms with Crippen LogP contribution in [0.4, 0.5) is 5.82 Å². The van der Waals surface area contributed by atoms with Gasteiger partial charge in [0.1, 0.15) is 10.8 Å². The summed E-state index contributed by atoms with van der Waals surface area (Å²) in [4.78, 5) is 4.86. The fourth-order valence-corrected chi connectivity index (χ4v) is 1.57. The van der Waals surface area contributed by atoms with E-state index in [1.165, 1.54) is 0 Å². The Morgan fingerprint density at radius 3 is 2.56 bits per heavy atom. The van der Waals surface area contributed by atoms with E-state index in [0.29, 0.717) is 10.9 Å². The zero-order chi connectivity index (χ0) is 13.9. The number of hydrogen-bond acceptors (Lipinski definition) is 3. The lowest BCUT2D eigenvalue weighted by Gasteiger charge is -2.30. The number of anilines is 1. The summed E-state index contributed by atoms with van der Waals surface area (Å²) in [6.07, 6.45) is 0. The molecule has 0 spiro atoms. The standard InChI is InChI=1S/C14H23N3S/c1-9(2)14(4,5)8-16-13-11(12(15)18)7-6-10(3)17-13/h6-7,9H,8H2,1-5H3,(H2,15,18)(H,16,17). The third-order valence-corrected chi connectivity index (χ3v) is 3.79. The highest BCUT2D eigenvalue weighted by Crippen LogP contribution is 2.26. The van der Waals surface area contributed by atoms with Crippen molar-refractivity contribution in [3.8, 4) is 0 Å². The first-order valence-electron chi connectivity index (χ1n) is 6.25. The van der Waals surface area contributed by atoms with Crippen molar-refractivity contribution in [3.63, 3.8) is 0 Å². The van der Waals surface area contributed by atoms with Crippen LogP contribution in [0, 0.1) is 18.3 Å². The van der Waals surface area contributed by atoms with Crippen molar-refractivity contribution in [1.29, 1.82) is 0 Å². The molecule has 0 unspecified atom stereocenters. The number of nitrogens with zero attached hydrogens (tertiary/aromatic N) is 1. The molecule has 3 nitrogen and oxygen atoms in total. The van der Waals surface area contributed by atoms with Gasteiger partial charge in [0.2, 0.25) is 0 Å². The van der Waals surface area contributed by atoms with Gasteiger partial charge in [-0.1, -0.05) is 39.9 Å². The zero-order valence-corrected chi connectivity index (χ0v) is 12.7. The summed E-state index contributed by atoms with van der Waals surface area (Å²) >= 11 is 5.05. The number of thiocarbonyl (C=S) groups is 1. The minimum atomic E-state index is 0.193. The number of nitrogens with one attached hydrogen (secondary N) is 1. The molecule has 1 aromatic heterocycles. The SMILES string of the molecule is Cc1ccc(C(N)=S)c(NCC(C)(C)C(C)C)n1. The van der Waals surface area contributed by atoms with Crippen LogP contribution in [0.15, 0.2) is 12.1 Å². The molecule has 4 heteroatoms. The Morgan fingerprint density at radius 2 is 2.06 bits per heavy atom. The maximum absolute atomic E-state index is 5.72. The summed E-state index contributed by atoms with van der Waals surface area (Å²) in [5.74, 6) is 1.37. The molecule has 0 radical (unpaired) electrons. The lowest BCUT2D eigenvalue weighted by molar-refractivity contribution is 0.269. The van der Waals surface area contributed by atoms with Crippen LogP contribution in [-0.2, 0) is 0 Å². The molecule has 0 saturated carbocycles. The van der Waals surface area contributed by atoms with E-state index in [9.17, 15) is 0 Å². The third-order valence-electron chi connectivity index (χ3n) is 3.57. The highest BCUT2D eigenvalue weighted by Gasteiger charge is 2.22. The van der Waals surface area contributed by atoms with Crippen molar-refractivity contribution in [1.82, 2.24) is 4.98 Å². The van der Waals surface area contributed by atoms with Crippen LogP contribution >= 0.6 is 12.2 Å². The predicted molar refractivity (Wildman–Crippen MR) is 82.0 cm³/mol. The molecule has 3 N–H and O–H groups in total. The average molecular weight is 265 g/mol. The van der Waals surface area contributed by atoms with Crippen LogP contribution in [0.2, 0.25) is 0 Å². The molecule has 0 bridgehead atoms. The third kappa shape index (κ3) is 3.67. The Labute approximate surface area is 115 Å².